The van der Waals surface area contributed by atoms with E-state index in [1.165, 1.54) is 5.56 Å². The van der Waals surface area contributed by atoms with Crippen molar-refractivity contribution in [1.29, 1.82) is 0 Å². The van der Waals surface area contributed by atoms with Crippen LogP contribution in [0.1, 0.15) is 28.6 Å². The smallest absolute Gasteiger partial charge is 0.241 e. The number of hydrogen-bond donors (Lipinski definition) is 0. The fourth-order valence-electron chi connectivity index (χ4n) is 3.24. The second kappa shape index (κ2) is 7.19. The molecule has 1 aliphatic heterocycles. The van der Waals surface area contributed by atoms with Crippen LogP contribution in [-0.4, -0.2) is 24.3 Å². The van der Waals surface area contributed by atoms with Crippen LogP contribution >= 0.6 is 11.3 Å². The highest BCUT2D eigenvalue weighted by Gasteiger charge is 2.30. The van der Waals surface area contributed by atoms with E-state index in [1.807, 2.05) is 12.1 Å². The first-order valence-corrected chi connectivity index (χ1v) is 11.4. The summed E-state index contributed by atoms with van der Waals surface area (Å²) >= 11 is 1.60. The Balaban J connectivity index is 1.59. The van der Waals surface area contributed by atoms with Gasteiger partial charge in [-0.2, -0.15) is 4.31 Å². The van der Waals surface area contributed by atoms with E-state index in [-0.39, 0.29) is 0 Å². The van der Waals surface area contributed by atoms with Crippen LogP contribution in [0.5, 0.6) is 0 Å². The van der Waals surface area contributed by atoms with E-state index in [2.05, 4.69) is 38.1 Å². The SMILES string of the molecule is CCc1ccc(S(=O)(=O)N2CCc3nc(-c4ccc(C)cc4)sc3C2)cc1. The van der Waals surface area contributed by atoms with Crippen molar-refractivity contribution in [1.82, 2.24) is 9.29 Å². The lowest BCUT2D eigenvalue weighted by atomic mass is 10.1. The summed E-state index contributed by atoms with van der Waals surface area (Å²) in [5.41, 5.74) is 4.47. The fraction of sp³-hybridized carbons (Fsp3) is 0.286. The molecule has 0 radical (unpaired) electrons. The Morgan fingerprint density at radius 1 is 1.07 bits per heavy atom. The minimum atomic E-state index is -3.48. The van der Waals surface area contributed by atoms with Gasteiger partial charge in [-0.3, -0.25) is 0 Å². The van der Waals surface area contributed by atoms with Crippen molar-refractivity contribution in [3.05, 3.63) is 70.2 Å². The van der Waals surface area contributed by atoms with Crippen LogP contribution in [0.15, 0.2) is 53.4 Å². The standard InChI is InChI=1S/C21H22N2O2S2/c1-3-16-6-10-18(11-7-16)27(24,25)23-13-12-19-20(14-23)26-21(22-19)17-8-4-15(2)5-9-17/h4-11H,3,12-14H2,1-2H3. The van der Waals surface area contributed by atoms with Gasteiger partial charge in [0.1, 0.15) is 5.01 Å². The van der Waals surface area contributed by atoms with Gasteiger partial charge in [-0.25, -0.2) is 13.4 Å². The minimum Gasteiger partial charge on any atom is -0.241 e. The van der Waals surface area contributed by atoms with Crippen molar-refractivity contribution in [2.45, 2.75) is 38.1 Å². The zero-order valence-corrected chi connectivity index (χ0v) is 17.1. The molecule has 1 aromatic heterocycles. The molecular formula is C21H22N2O2S2. The maximum Gasteiger partial charge on any atom is 0.243 e. The maximum absolute atomic E-state index is 13.0. The van der Waals surface area contributed by atoms with Crippen LogP contribution in [0.2, 0.25) is 0 Å². The van der Waals surface area contributed by atoms with E-state index in [0.717, 1.165) is 33.1 Å². The van der Waals surface area contributed by atoms with Crippen molar-refractivity contribution in [3.63, 3.8) is 0 Å². The highest BCUT2D eigenvalue weighted by atomic mass is 32.2. The predicted molar refractivity (Wildman–Crippen MR) is 109 cm³/mol. The van der Waals surface area contributed by atoms with E-state index < -0.39 is 10.0 Å². The molecule has 0 atom stereocenters. The molecule has 0 saturated heterocycles. The minimum absolute atomic E-state index is 0.367. The first-order valence-electron chi connectivity index (χ1n) is 9.12. The number of nitrogens with zero attached hydrogens (tertiary/aromatic N) is 2. The Hall–Kier alpha value is -2.02. The molecule has 0 N–H and O–H groups in total. The summed E-state index contributed by atoms with van der Waals surface area (Å²) in [4.78, 5) is 6.17. The van der Waals surface area contributed by atoms with Crippen molar-refractivity contribution in [2.24, 2.45) is 0 Å². The molecule has 140 valence electrons. The number of sulfonamides is 1. The van der Waals surface area contributed by atoms with Crippen LogP contribution in [0.3, 0.4) is 0 Å². The third kappa shape index (κ3) is 3.57. The molecule has 2 heterocycles. The van der Waals surface area contributed by atoms with E-state index in [4.69, 9.17) is 4.98 Å². The molecule has 0 aliphatic carbocycles. The zero-order chi connectivity index (χ0) is 19.0. The molecule has 6 heteroatoms. The van der Waals surface area contributed by atoms with Gasteiger partial charge >= 0.3 is 0 Å². The maximum atomic E-state index is 13.0. The van der Waals surface area contributed by atoms with E-state index in [0.29, 0.717) is 24.4 Å². The Labute approximate surface area is 164 Å². The van der Waals surface area contributed by atoms with E-state index >= 15 is 0 Å². The van der Waals surface area contributed by atoms with Gasteiger partial charge in [-0.15, -0.1) is 11.3 Å². The Morgan fingerprint density at radius 2 is 1.78 bits per heavy atom. The van der Waals surface area contributed by atoms with Crippen molar-refractivity contribution in [3.8, 4) is 10.6 Å². The van der Waals surface area contributed by atoms with Gasteiger partial charge in [0.2, 0.25) is 10.0 Å². The van der Waals surface area contributed by atoms with Gasteiger partial charge in [-0.05, 0) is 31.0 Å². The lowest BCUT2D eigenvalue weighted by molar-refractivity contribution is 0.393. The lowest BCUT2D eigenvalue weighted by Crippen LogP contribution is -2.35. The largest absolute Gasteiger partial charge is 0.243 e. The zero-order valence-electron chi connectivity index (χ0n) is 15.5. The number of aryl methyl sites for hydroxylation is 2. The molecule has 0 fully saturated rings. The van der Waals surface area contributed by atoms with Gasteiger partial charge < -0.3 is 0 Å². The topological polar surface area (TPSA) is 50.3 Å². The van der Waals surface area contributed by atoms with Gasteiger partial charge in [0.25, 0.3) is 0 Å². The third-order valence-corrected chi connectivity index (χ3v) is 7.95. The summed E-state index contributed by atoms with van der Waals surface area (Å²) in [7, 11) is -3.48. The summed E-state index contributed by atoms with van der Waals surface area (Å²) < 4.78 is 27.6. The lowest BCUT2D eigenvalue weighted by Gasteiger charge is -2.25. The molecule has 0 saturated carbocycles. The van der Waals surface area contributed by atoms with E-state index in [1.54, 1.807) is 27.8 Å². The van der Waals surface area contributed by atoms with Crippen molar-refractivity contribution >= 4 is 21.4 Å². The summed E-state index contributed by atoms with van der Waals surface area (Å²) in [6, 6.07) is 15.5. The van der Waals surface area contributed by atoms with Crippen LogP contribution in [-0.2, 0) is 29.4 Å². The van der Waals surface area contributed by atoms with Crippen molar-refractivity contribution in [2.75, 3.05) is 6.54 Å². The number of hydrogen-bond acceptors (Lipinski definition) is 4. The molecule has 0 spiro atoms. The number of thiazole rings is 1. The Bertz CT molecular complexity index is 1050. The molecule has 3 aromatic rings. The molecular weight excluding hydrogens is 376 g/mol. The summed E-state index contributed by atoms with van der Waals surface area (Å²) in [5, 5.41) is 0.964. The molecule has 27 heavy (non-hydrogen) atoms. The number of aromatic nitrogens is 1. The quantitative estimate of drug-likeness (QED) is 0.653. The van der Waals surface area contributed by atoms with Gasteiger partial charge in [0.05, 0.1) is 17.1 Å². The number of benzene rings is 2. The number of rotatable bonds is 4. The second-order valence-electron chi connectivity index (χ2n) is 6.84. The second-order valence-corrected chi connectivity index (χ2v) is 9.86. The van der Waals surface area contributed by atoms with E-state index in [9.17, 15) is 8.42 Å². The average Bonchev–Trinajstić information content (AvgIpc) is 3.12. The summed E-state index contributed by atoms with van der Waals surface area (Å²) in [6.45, 7) is 5.00. The normalized spacial score (nSPS) is 14.9. The monoisotopic (exact) mass is 398 g/mol. The summed E-state index contributed by atoms with van der Waals surface area (Å²) in [6.07, 6.45) is 1.56. The van der Waals surface area contributed by atoms with Crippen LogP contribution < -0.4 is 0 Å². The van der Waals surface area contributed by atoms with Gasteiger partial charge in [0, 0.05) is 23.4 Å². The van der Waals surface area contributed by atoms with Gasteiger partial charge in [-0.1, -0.05) is 48.9 Å². The Kier molecular flexibility index (Phi) is 4.88. The highest BCUT2D eigenvalue weighted by Crippen LogP contribution is 2.33. The first-order chi connectivity index (χ1) is 13.0. The molecule has 1 aliphatic rings. The first kappa shape index (κ1) is 18.3. The molecule has 4 rings (SSSR count). The molecule has 2 aromatic carbocycles. The van der Waals surface area contributed by atoms with Gasteiger partial charge in [0.15, 0.2) is 0 Å². The fourth-order valence-corrected chi connectivity index (χ4v) is 5.86. The molecule has 0 bridgehead atoms. The van der Waals surface area contributed by atoms with Crippen molar-refractivity contribution < 1.29 is 8.42 Å². The third-order valence-electron chi connectivity index (χ3n) is 4.96. The summed E-state index contributed by atoms with van der Waals surface area (Å²) in [5.74, 6) is 0. The van der Waals surface area contributed by atoms with Crippen LogP contribution in [0.25, 0.3) is 10.6 Å². The highest BCUT2D eigenvalue weighted by molar-refractivity contribution is 7.89. The molecule has 0 amide bonds. The molecule has 0 unspecified atom stereocenters. The number of fused-ring (bicyclic) bond motifs is 1. The average molecular weight is 399 g/mol. The molecule has 4 nitrogen and oxygen atoms in total. The predicted octanol–water partition coefficient (Wildman–Crippen LogP) is 4.43. The van der Waals surface area contributed by atoms with Crippen LogP contribution in [0, 0.1) is 6.92 Å². The van der Waals surface area contributed by atoms with Crippen LogP contribution in [0.4, 0.5) is 0 Å². The Morgan fingerprint density at radius 3 is 2.44 bits per heavy atom.